The minimum absolute atomic E-state index is 0.0411. The van der Waals surface area contributed by atoms with E-state index in [9.17, 15) is 13.2 Å². The maximum Gasteiger partial charge on any atom is 0.220 e. The van der Waals surface area contributed by atoms with Crippen molar-refractivity contribution in [3.8, 4) is 0 Å². The van der Waals surface area contributed by atoms with Gasteiger partial charge in [0.15, 0.2) is 0 Å². The third-order valence-electron chi connectivity index (χ3n) is 2.58. The van der Waals surface area contributed by atoms with E-state index in [0.29, 0.717) is 18.5 Å². The van der Waals surface area contributed by atoms with Gasteiger partial charge in [0.05, 0.1) is 5.75 Å². The van der Waals surface area contributed by atoms with Crippen molar-refractivity contribution in [3.63, 3.8) is 0 Å². The zero-order valence-corrected chi connectivity index (χ0v) is 12.0. The Morgan fingerprint density at radius 3 is 2.42 bits per heavy atom. The van der Waals surface area contributed by atoms with Gasteiger partial charge in [-0.25, -0.2) is 8.42 Å². The van der Waals surface area contributed by atoms with Gasteiger partial charge in [-0.05, 0) is 31.0 Å². The van der Waals surface area contributed by atoms with E-state index in [2.05, 4.69) is 5.32 Å². The minimum Gasteiger partial charge on any atom is -0.399 e. The summed E-state index contributed by atoms with van der Waals surface area (Å²) >= 11 is 0. The van der Waals surface area contributed by atoms with Crippen molar-refractivity contribution in [1.82, 2.24) is 5.32 Å². The van der Waals surface area contributed by atoms with Crippen LogP contribution in [0.15, 0.2) is 24.3 Å². The van der Waals surface area contributed by atoms with E-state index in [4.69, 9.17) is 5.73 Å². The van der Waals surface area contributed by atoms with Crippen LogP contribution in [0.3, 0.4) is 0 Å². The van der Waals surface area contributed by atoms with E-state index < -0.39 is 9.84 Å². The van der Waals surface area contributed by atoms with E-state index in [1.54, 1.807) is 19.1 Å². The minimum atomic E-state index is -3.07. The van der Waals surface area contributed by atoms with Gasteiger partial charge in [-0.3, -0.25) is 4.79 Å². The third-order valence-corrected chi connectivity index (χ3v) is 3.69. The molecule has 0 bridgehead atoms. The molecule has 0 spiro atoms. The van der Waals surface area contributed by atoms with Crippen LogP contribution in [0.4, 0.5) is 5.69 Å². The Hall–Kier alpha value is -1.56. The number of sulfone groups is 1. The molecule has 0 aliphatic heterocycles. The van der Waals surface area contributed by atoms with Crippen LogP contribution in [-0.4, -0.2) is 32.4 Å². The molecule has 1 rings (SSSR count). The van der Waals surface area contributed by atoms with Crippen LogP contribution < -0.4 is 11.1 Å². The second-order valence-electron chi connectivity index (χ2n) is 4.80. The summed E-state index contributed by atoms with van der Waals surface area (Å²) in [6.45, 7) is 1.68. The summed E-state index contributed by atoms with van der Waals surface area (Å²) in [5, 5.41) is 2.68. The van der Waals surface area contributed by atoms with E-state index >= 15 is 0 Å². The van der Waals surface area contributed by atoms with Crippen molar-refractivity contribution >= 4 is 21.4 Å². The van der Waals surface area contributed by atoms with Crippen LogP contribution in [-0.2, 0) is 21.1 Å². The van der Waals surface area contributed by atoms with Crippen molar-refractivity contribution in [1.29, 1.82) is 0 Å². The maximum atomic E-state index is 11.6. The van der Waals surface area contributed by atoms with Crippen molar-refractivity contribution in [2.24, 2.45) is 0 Å². The molecule has 0 aromatic heterocycles. The van der Waals surface area contributed by atoms with Crippen LogP contribution in [0, 0.1) is 0 Å². The highest BCUT2D eigenvalue weighted by atomic mass is 32.2. The monoisotopic (exact) mass is 284 g/mol. The van der Waals surface area contributed by atoms with Gasteiger partial charge in [0.2, 0.25) is 5.91 Å². The second-order valence-corrected chi connectivity index (χ2v) is 6.99. The van der Waals surface area contributed by atoms with Crippen LogP contribution >= 0.6 is 0 Å². The highest BCUT2D eigenvalue weighted by molar-refractivity contribution is 7.90. The van der Waals surface area contributed by atoms with Gasteiger partial charge >= 0.3 is 0 Å². The predicted octanol–water partition coefficient (Wildman–Crippen LogP) is 0.751. The Bertz CT molecular complexity index is 523. The molecule has 0 heterocycles. The van der Waals surface area contributed by atoms with Crippen LogP contribution in [0.2, 0.25) is 0 Å². The first-order valence-electron chi connectivity index (χ1n) is 6.08. The van der Waals surface area contributed by atoms with Gasteiger partial charge in [-0.1, -0.05) is 12.1 Å². The Morgan fingerprint density at radius 2 is 1.89 bits per heavy atom. The molecule has 1 unspecified atom stereocenters. The molecule has 0 saturated heterocycles. The first kappa shape index (κ1) is 15.5. The normalized spacial score (nSPS) is 12.9. The van der Waals surface area contributed by atoms with Crippen LogP contribution in [0.25, 0.3) is 0 Å². The number of amides is 1. The summed E-state index contributed by atoms with van der Waals surface area (Å²) in [6.07, 6.45) is 2.10. The van der Waals surface area contributed by atoms with Gasteiger partial charge in [0.1, 0.15) is 9.84 Å². The fourth-order valence-electron chi connectivity index (χ4n) is 1.78. The molecule has 1 atom stereocenters. The number of anilines is 1. The van der Waals surface area contributed by atoms with Crippen LogP contribution in [0.5, 0.6) is 0 Å². The van der Waals surface area contributed by atoms with E-state index in [0.717, 1.165) is 11.8 Å². The zero-order valence-electron chi connectivity index (χ0n) is 11.2. The highest BCUT2D eigenvalue weighted by Gasteiger charge is 2.12. The fourth-order valence-corrected chi connectivity index (χ4v) is 2.78. The third kappa shape index (κ3) is 6.81. The average molecular weight is 284 g/mol. The SMILES string of the molecule is CC(CS(C)(=O)=O)NC(=O)CCc1ccc(N)cc1. The highest BCUT2D eigenvalue weighted by Crippen LogP contribution is 2.07. The smallest absolute Gasteiger partial charge is 0.220 e. The molecule has 19 heavy (non-hydrogen) atoms. The summed E-state index contributed by atoms with van der Waals surface area (Å²) in [4.78, 5) is 11.6. The zero-order chi connectivity index (χ0) is 14.5. The number of carbonyl (C=O) groups excluding carboxylic acids is 1. The van der Waals surface area contributed by atoms with Gasteiger partial charge in [0.25, 0.3) is 0 Å². The molecule has 0 radical (unpaired) electrons. The summed E-state index contributed by atoms with van der Waals surface area (Å²) in [5.41, 5.74) is 7.29. The molecule has 3 N–H and O–H groups in total. The lowest BCUT2D eigenvalue weighted by atomic mass is 10.1. The lowest BCUT2D eigenvalue weighted by molar-refractivity contribution is -0.121. The molecule has 106 valence electrons. The largest absolute Gasteiger partial charge is 0.399 e. The molecule has 1 amide bonds. The number of benzene rings is 1. The summed E-state index contributed by atoms with van der Waals surface area (Å²) in [5.74, 6) is -0.186. The van der Waals surface area contributed by atoms with Crippen LogP contribution in [0.1, 0.15) is 18.9 Å². The second kappa shape index (κ2) is 6.56. The fraction of sp³-hybridized carbons (Fsp3) is 0.462. The Labute approximate surface area is 114 Å². The van der Waals surface area contributed by atoms with E-state index in [1.165, 1.54) is 0 Å². The van der Waals surface area contributed by atoms with Crippen molar-refractivity contribution < 1.29 is 13.2 Å². The Kier molecular flexibility index (Phi) is 5.35. The molecule has 1 aromatic carbocycles. The topological polar surface area (TPSA) is 89.3 Å². The Balaban J connectivity index is 2.37. The maximum absolute atomic E-state index is 11.6. The number of carbonyl (C=O) groups is 1. The van der Waals surface area contributed by atoms with Gasteiger partial charge in [-0.15, -0.1) is 0 Å². The predicted molar refractivity (Wildman–Crippen MR) is 76.5 cm³/mol. The lowest BCUT2D eigenvalue weighted by Gasteiger charge is -2.12. The number of hydrogen-bond acceptors (Lipinski definition) is 4. The number of aryl methyl sites for hydroxylation is 1. The Morgan fingerprint density at radius 1 is 1.32 bits per heavy atom. The van der Waals surface area contributed by atoms with Crippen molar-refractivity contribution in [2.45, 2.75) is 25.8 Å². The first-order valence-corrected chi connectivity index (χ1v) is 8.14. The number of nitrogens with two attached hydrogens (primary N) is 1. The molecule has 0 saturated carbocycles. The molecule has 0 aliphatic rings. The summed E-state index contributed by atoms with van der Waals surface area (Å²) in [6, 6.07) is 6.97. The van der Waals surface area contributed by atoms with Crippen molar-refractivity contribution in [2.75, 3.05) is 17.7 Å². The van der Waals surface area contributed by atoms with Crippen molar-refractivity contribution in [3.05, 3.63) is 29.8 Å². The molecule has 0 fully saturated rings. The lowest BCUT2D eigenvalue weighted by Crippen LogP contribution is -2.37. The summed E-state index contributed by atoms with van der Waals surface area (Å²) in [7, 11) is -3.07. The number of hydrogen-bond donors (Lipinski definition) is 2. The molecule has 1 aromatic rings. The molecule has 6 heteroatoms. The molecule has 0 aliphatic carbocycles. The van der Waals surface area contributed by atoms with Gasteiger partial charge < -0.3 is 11.1 Å². The van der Waals surface area contributed by atoms with E-state index in [-0.39, 0.29) is 17.7 Å². The number of rotatable bonds is 6. The van der Waals surface area contributed by atoms with Gasteiger partial charge in [-0.2, -0.15) is 0 Å². The summed E-state index contributed by atoms with van der Waals surface area (Å²) < 4.78 is 22.1. The molecule has 5 nitrogen and oxygen atoms in total. The van der Waals surface area contributed by atoms with E-state index in [1.807, 2.05) is 12.1 Å². The number of nitrogens with one attached hydrogen (secondary N) is 1. The first-order chi connectivity index (χ1) is 8.76. The van der Waals surface area contributed by atoms with Gasteiger partial charge in [0, 0.05) is 24.4 Å². The average Bonchev–Trinajstić information content (AvgIpc) is 2.25. The quantitative estimate of drug-likeness (QED) is 0.754. The number of nitrogen functional groups attached to an aromatic ring is 1. The standard InChI is InChI=1S/C13H20N2O3S/c1-10(9-19(2,17)18)15-13(16)8-5-11-3-6-12(14)7-4-11/h3-4,6-7,10H,5,8-9,14H2,1-2H3,(H,15,16). The molecular weight excluding hydrogens is 264 g/mol. The molecular formula is C13H20N2O3S.